The van der Waals surface area contributed by atoms with Crippen molar-refractivity contribution in [2.24, 2.45) is 0 Å². The largest absolute Gasteiger partial charge is 0.452 e. The summed E-state index contributed by atoms with van der Waals surface area (Å²) in [5.41, 5.74) is 1.25. The Kier molecular flexibility index (Phi) is 2.30. The Bertz CT molecular complexity index is 314. The van der Waals surface area contributed by atoms with Gasteiger partial charge in [-0.05, 0) is 34.0 Å². The molecule has 0 fully saturated rings. The van der Waals surface area contributed by atoms with Crippen LogP contribution in [0.1, 0.15) is 12.0 Å². The minimum absolute atomic E-state index is 0.624. The van der Waals surface area contributed by atoms with Gasteiger partial charge in [-0.1, -0.05) is 18.2 Å². The van der Waals surface area contributed by atoms with Crippen molar-refractivity contribution in [2.75, 3.05) is 7.11 Å². The second-order valence-electron chi connectivity index (χ2n) is 3.07. The quantitative estimate of drug-likeness (QED) is 0.706. The Balaban J connectivity index is 2.29. The normalized spacial score (nSPS) is 26.3. The molecule has 1 unspecified atom stereocenters. The molecule has 3 heteroatoms. The molecule has 70 valence electrons. The van der Waals surface area contributed by atoms with Gasteiger partial charge in [0.2, 0.25) is 0 Å². The van der Waals surface area contributed by atoms with E-state index in [9.17, 15) is 0 Å². The molecule has 0 aliphatic carbocycles. The lowest BCUT2D eigenvalue weighted by molar-refractivity contribution is -0.0915. The minimum Gasteiger partial charge on any atom is -0.452 e. The molecule has 1 aromatic rings. The molecule has 1 aliphatic heterocycles. The molecule has 0 bridgehead atoms. The average Bonchev–Trinajstić information content (AvgIpc) is 2.18. The second kappa shape index (κ2) is 3.31. The summed E-state index contributed by atoms with van der Waals surface area (Å²) in [4.78, 5) is 0. The molecule has 0 saturated heterocycles. The van der Waals surface area contributed by atoms with Crippen molar-refractivity contribution < 1.29 is 9.47 Å². The number of benzene rings is 1. The first kappa shape index (κ1) is 9.03. The fraction of sp³-hybridized carbons (Fsp3) is 0.400. The van der Waals surface area contributed by atoms with Crippen LogP contribution in [-0.2, 0) is 11.2 Å². The van der Waals surface area contributed by atoms with E-state index in [2.05, 4.69) is 22.0 Å². The van der Waals surface area contributed by atoms with Gasteiger partial charge in [0.05, 0.1) is 0 Å². The third-order valence-corrected chi connectivity index (χ3v) is 3.11. The highest BCUT2D eigenvalue weighted by Gasteiger charge is 2.32. The molecule has 0 saturated carbocycles. The number of fused-ring (bicyclic) bond motifs is 1. The Morgan fingerprint density at radius 3 is 3.00 bits per heavy atom. The van der Waals surface area contributed by atoms with Gasteiger partial charge in [-0.15, -0.1) is 0 Å². The van der Waals surface area contributed by atoms with Crippen LogP contribution in [0.3, 0.4) is 0 Å². The maximum Gasteiger partial charge on any atom is 0.267 e. The molecule has 1 aromatic carbocycles. The first-order valence-electron chi connectivity index (χ1n) is 4.24. The fourth-order valence-electron chi connectivity index (χ4n) is 1.45. The van der Waals surface area contributed by atoms with Crippen molar-refractivity contribution in [3.05, 3.63) is 29.8 Å². The number of alkyl halides is 1. The number of hydrogen-bond donors (Lipinski definition) is 0. The standard InChI is InChI=1S/C10H11BrO2/c1-12-10(11)7-6-8-4-2-3-5-9(8)13-10/h2-5H,6-7H2,1H3. The van der Waals surface area contributed by atoms with Gasteiger partial charge < -0.3 is 9.47 Å². The molecule has 1 aliphatic rings. The van der Waals surface area contributed by atoms with E-state index in [0.29, 0.717) is 0 Å². The highest BCUT2D eigenvalue weighted by atomic mass is 79.9. The first-order valence-corrected chi connectivity index (χ1v) is 5.04. The van der Waals surface area contributed by atoms with E-state index >= 15 is 0 Å². The van der Waals surface area contributed by atoms with E-state index in [-0.39, 0.29) is 0 Å². The van der Waals surface area contributed by atoms with Crippen molar-refractivity contribution in [3.63, 3.8) is 0 Å². The first-order chi connectivity index (χ1) is 6.23. The van der Waals surface area contributed by atoms with Gasteiger partial charge in [0.1, 0.15) is 5.75 Å². The summed E-state index contributed by atoms with van der Waals surface area (Å²) < 4.78 is 10.3. The Morgan fingerprint density at radius 1 is 1.46 bits per heavy atom. The smallest absolute Gasteiger partial charge is 0.267 e. The molecule has 2 rings (SSSR count). The van der Waals surface area contributed by atoms with Gasteiger partial charge in [-0.25, -0.2) is 0 Å². The van der Waals surface area contributed by atoms with Gasteiger partial charge in [0.25, 0.3) is 4.70 Å². The van der Waals surface area contributed by atoms with Gasteiger partial charge >= 0.3 is 0 Å². The third-order valence-electron chi connectivity index (χ3n) is 2.23. The summed E-state index contributed by atoms with van der Waals surface area (Å²) >= 11 is 3.42. The van der Waals surface area contributed by atoms with E-state index in [1.807, 2.05) is 18.2 Å². The van der Waals surface area contributed by atoms with Crippen LogP contribution in [0.4, 0.5) is 0 Å². The van der Waals surface area contributed by atoms with Crippen LogP contribution in [-0.4, -0.2) is 11.8 Å². The van der Waals surface area contributed by atoms with Crippen molar-refractivity contribution in [1.29, 1.82) is 0 Å². The van der Waals surface area contributed by atoms with Crippen LogP contribution >= 0.6 is 15.9 Å². The zero-order valence-corrected chi connectivity index (χ0v) is 9.00. The Labute approximate surface area is 86.0 Å². The molecule has 2 nitrogen and oxygen atoms in total. The predicted octanol–water partition coefficient (Wildman–Crippen LogP) is 2.71. The molecule has 0 N–H and O–H groups in total. The number of hydrogen-bond acceptors (Lipinski definition) is 2. The van der Waals surface area contributed by atoms with Crippen molar-refractivity contribution in [2.45, 2.75) is 17.5 Å². The van der Waals surface area contributed by atoms with Crippen LogP contribution in [0, 0.1) is 0 Å². The lowest BCUT2D eigenvalue weighted by Crippen LogP contribution is -2.34. The summed E-state index contributed by atoms with van der Waals surface area (Å²) in [6.07, 6.45) is 1.82. The molecule has 13 heavy (non-hydrogen) atoms. The number of halogens is 1. The molecule has 0 radical (unpaired) electrons. The summed E-state index contributed by atoms with van der Waals surface area (Å²) in [7, 11) is 1.64. The van der Waals surface area contributed by atoms with E-state index in [1.165, 1.54) is 5.56 Å². The Hall–Kier alpha value is -0.540. The predicted molar refractivity (Wildman–Crippen MR) is 54.1 cm³/mol. The monoisotopic (exact) mass is 242 g/mol. The van der Waals surface area contributed by atoms with E-state index < -0.39 is 4.70 Å². The topological polar surface area (TPSA) is 18.5 Å². The number of aryl methyl sites for hydroxylation is 1. The van der Waals surface area contributed by atoms with Crippen molar-refractivity contribution in [1.82, 2.24) is 0 Å². The number of ether oxygens (including phenoxy) is 2. The molecule has 1 heterocycles. The summed E-state index contributed by atoms with van der Waals surface area (Å²) in [6, 6.07) is 8.03. The molecular formula is C10H11BrO2. The summed E-state index contributed by atoms with van der Waals surface area (Å²) in [5.74, 6) is 0.910. The number of rotatable bonds is 1. The SMILES string of the molecule is COC1(Br)CCc2ccccc2O1. The Morgan fingerprint density at radius 2 is 2.23 bits per heavy atom. The minimum atomic E-state index is -0.624. The van der Waals surface area contributed by atoms with Crippen molar-refractivity contribution >= 4 is 15.9 Å². The maximum absolute atomic E-state index is 5.66. The number of para-hydroxylation sites is 1. The van der Waals surface area contributed by atoms with Gasteiger partial charge in [-0.3, -0.25) is 0 Å². The van der Waals surface area contributed by atoms with E-state index in [0.717, 1.165) is 18.6 Å². The molecular weight excluding hydrogens is 232 g/mol. The maximum atomic E-state index is 5.66. The highest BCUT2D eigenvalue weighted by molar-refractivity contribution is 9.10. The van der Waals surface area contributed by atoms with Crippen molar-refractivity contribution in [3.8, 4) is 5.75 Å². The molecule has 0 spiro atoms. The van der Waals surface area contributed by atoms with E-state index in [1.54, 1.807) is 7.11 Å². The van der Waals surface area contributed by atoms with Gasteiger partial charge in [-0.2, -0.15) is 0 Å². The second-order valence-corrected chi connectivity index (χ2v) is 4.28. The molecule has 0 amide bonds. The molecule has 1 atom stereocenters. The van der Waals surface area contributed by atoms with Crippen LogP contribution in [0.25, 0.3) is 0 Å². The lowest BCUT2D eigenvalue weighted by atomic mass is 10.1. The third kappa shape index (κ3) is 1.71. The summed E-state index contributed by atoms with van der Waals surface area (Å²) in [6.45, 7) is 0. The number of methoxy groups -OCH3 is 1. The van der Waals surface area contributed by atoms with Crippen LogP contribution < -0.4 is 4.74 Å². The zero-order chi connectivity index (χ0) is 9.31. The van der Waals surface area contributed by atoms with E-state index in [4.69, 9.17) is 9.47 Å². The zero-order valence-electron chi connectivity index (χ0n) is 7.42. The van der Waals surface area contributed by atoms with Crippen LogP contribution in [0.5, 0.6) is 5.75 Å². The highest BCUT2D eigenvalue weighted by Crippen LogP contribution is 2.36. The van der Waals surface area contributed by atoms with Crippen LogP contribution in [0.2, 0.25) is 0 Å². The van der Waals surface area contributed by atoms with Gasteiger partial charge in [0, 0.05) is 13.5 Å². The van der Waals surface area contributed by atoms with Gasteiger partial charge in [0.15, 0.2) is 0 Å². The fourth-order valence-corrected chi connectivity index (χ4v) is 1.83. The summed E-state index contributed by atoms with van der Waals surface area (Å²) in [5, 5.41) is 0. The lowest BCUT2D eigenvalue weighted by Gasteiger charge is -2.32. The average molecular weight is 243 g/mol. The molecule has 0 aromatic heterocycles. The van der Waals surface area contributed by atoms with Crippen LogP contribution in [0.15, 0.2) is 24.3 Å².